The first-order chi connectivity index (χ1) is 9.82. The van der Waals surface area contributed by atoms with E-state index in [2.05, 4.69) is 10.1 Å². The van der Waals surface area contributed by atoms with Crippen LogP contribution in [0.2, 0.25) is 10.0 Å². The van der Waals surface area contributed by atoms with Crippen LogP contribution in [0.5, 0.6) is 0 Å². The van der Waals surface area contributed by atoms with Gasteiger partial charge in [-0.3, -0.25) is 4.98 Å². The molecule has 3 nitrogen and oxygen atoms in total. The van der Waals surface area contributed by atoms with Crippen molar-refractivity contribution in [3.05, 3.63) is 63.4 Å². The van der Waals surface area contributed by atoms with Gasteiger partial charge in [0.2, 0.25) is 0 Å². The average molecular weight is 335 g/mol. The number of oxime groups is 1. The minimum Gasteiger partial charge on any atom is -0.410 e. The van der Waals surface area contributed by atoms with E-state index in [1.165, 1.54) is 12.1 Å². The third kappa shape index (κ3) is 3.46. The monoisotopic (exact) mass is 334 g/mol. The van der Waals surface area contributed by atoms with Gasteiger partial charge in [0.15, 0.2) is 0 Å². The van der Waals surface area contributed by atoms with Crippen molar-refractivity contribution in [2.24, 2.45) is 5.16 Å². The van der Waals surface area contributed by atoms with E-state index >= 15 is 0 Å². The van der Waals surface area contributed by atoms with Crippen molar-refractivity contribution in [1.29, 1.82) is 0 Å². The van der Waals surface area contributed by atoms with Crippen LogP contribution in [0.1, 0.15) is 16.8 Å². The maximum Gasteiger partial charge on any atom is 0.417 e. The lowest BCUT2D eigenvalue weighted by molar-refractivity contribution is -0.137. The van der Waals surface area contributed by atoms with Crippen LogP contribution in [-0.2, 0) is 6.18 Å². The fourth-order valence-corrected chi connectivity index (χ4v) is 2.00. The van der Waals surface area contributed by atoms with E-state index in [-0.39, 0.29) is 16.4 Å². The van der Waals surface area contributed by atoms with Gasteiger partial charge in [0, 0.05) is 16.8 Å². The zero-order valence-corrected chi connectivity index (χ0v) is 11.7. The molecule has 0 spiro atoms. The summed E-state index contributed by atoms with van der Waals surface area (Å²) in [6.07, 6.45) is -3.92. The molecule has 0 aliphatic carbocycles. The molecular formula is C13H7Cl2F3N2O. The number of alkyl halides is 3. The van der Waals surface area contributed by atoms with E-state index < -0.39 is 11.7 Å². The van der Waals surface area contributed by atoms with Gasteiger partial charge >= 0.3 is 6.18 Å². The topological polar surface area (TPSA) is 45.5 Å². The summed E-state index contributed by atoms with van der Waals surface area (Å²) in [7, 11) is 0. The highest BCUT2D eigenvalue weighted by Crippen LogP contribution is 2.31. The number of hydrogen-bond donors (Lipinski definition) is 1. The van der Waals surface area contributed by atoms with E-state index in [9.17, 15) is 13.2 Å². The number of nitrogens with zero attached hydrogens (tertiary/aromatic N) is 2. The molecule has 0 atom stereocenters. The smallest absolute Gasteiger partial charge is 0.410 e. The van der Waals surface area contributed by atoms with Crippen LogP contribution in [0.4, 0.5) is 13.2 Å². The van der Waals surface area contributed by atoms with E-state index in [1.807, 2.05) is 0 Å². The van der Waals surface area contributed by atoms with Gasteiger partial charge in [-0.2, -0.15) is 13.2 Å². The number of halogens is 5. The third-order valence-corrected chi connectivity index (χ3v) is 3.15. The zero-order chi connectivity index (χ0) is 15.6. The van der Waals surface area contributed by atoms with Crippen LogP contribution in [0.3, 0.4) is 0 Å². The first-order valence-corrected chi connectivity index (χ1v) is 6.29. The predicted molar refractivity (Wildman–Crippen MR) is 73.1 cm³/mol. The van der Waals surface area contributed by atoms with E-state index in [0.717, 1.165) is 6.07 Å². The first kappa shape index (κ1) is 15.6. The maximum atomic E-state index is 12.6. The largest absolute Gasteiger partial charge is 0.417 e. The normalized spacial score (nSPS) is 12.5. The van der Waals surface area contributed by atoms with Crippen LogP contribution in [0.25, 0.3) is 0 Å². The number of benzene rings is 1. The standard InChI is InChI=1S/C13H7Cl2F3N2O/c14-9-3-1-7(2-4-9)11(20-21)12-10(15)5-8(6-19-12)13(16,17)18/h1-6,21H/b20-11+. The minimum atomic E-state index is -4.55. The van der Waals surface area contributed by atoms with Gasteiger partial charge in [0.1, 0.15) is 11.4 Å². The Morgan fingerprint density at radius 2 is 1.76 bits per heavy atom. The van der Waals surface area contributed by atoms with Gasteiger partial charge in [-0.05, 0) is 18.2 Å². The molecule has 0 unspecified atom stereocenters. The second-order valence-corrected chi connectivity index (χ2v) is 4.85. The summed E-state index contributed by atoms with van der Waals surface area (Å²) >= 11 is 11.5. The Labute approximate surface area is 127 Å². The maximum absolute atomic E-state index is 12.6. The Bertz CT molecular complexity index is 685. The highest BCUT2D eigenvalue weighted by atomic mass is 35.5. The van der Waals surface area contributed by atoms with Crippen LogP contribution in [0.15, 0.2) is 41.7 Å². The van der Waals surface area contributed by atoms with Gasteiger partial charge < -0.3 is 5.21 Å². The van der Waals surface area contributed by atoms with E-state index in [0.29, 0.717) is 16.8 Å². The Morgan fingerprint density at radius 3 is 2.24 bits per heavy atom. The Kier molecular flexibility index (Phi) is 4.39. The summed E-state index contributed by atoms with van der Waals surface area (Å²) in [5.41, 5.74) is -0.680. The summed E-state index contributed by atoms with van der Waals surface area (Å²) in [4.78, 5) is 3.64. The molecule has 0 saturated heterocycles. The summed E-state index contributed by atoms with van der Waals surface area (Å²) in [6, 6.07) is 6.88. The van der Waals surface area contributed by atoms with Gasteiger partial charge in [-0.15, -0.1) is 0 Å². The second kappa shape index (κ2) is 5.91. The van der Waals surface area contributed by atoms with Gasteiger partial charge in [-0.1, -0.05) is 40.5 Å². The Balaban J connectivity index is 2.47. The molecular weight excluding hydrogens is 328 g/mol. The first-order valence-electron chi connectivity index (χ1n) is 5.54. The molecule has 0 aliphatic rings. The van der Waals surface area contributed by atoms with Crippen LogP contribution >= 0.6 is 23.2 Å². The molecule has 1 aromatic heterocycles. The van der Waals surface area contributed by atoms with Gasteiger partial charge in [0.25, 0.3) is 0 Å². The van der Waals surface area contributed by atoms with Crippen molar-refractivity contribution in [1.82, 2.24) is 4.98 Å². The molecule has 110 valence electrons. The number of pyridine rings is 1. The molecule has 8 heteroatoms. The molecule has 1 N–H and O–H groups in total. The molecule has 21 heavy (non-hydrogen) atoms. The summed E-state index contributed by atoms with van der Waals surface area (Å²) in [5, 5.41) is 12.3. The lowest BCUT2D eigenvalue weighted by atomic mass is 10.1. The highest BCUT2D eigenvalue weighted by Gasteiger charge is 2.32. The number of aromatic nitrogens is 1. The van der Waals surface area contributed by atoms with E-state index in [1.54, 1.807) is 12.1 Å². The fourth-order valence-electron chi connectivity index (χ4n) is 1.62. The summed E-state index contributed by atoms with van der Waals surface area (Å²) in [6.45, 7) is 0. The second-order valence-electron chi connectivity index (χ2n) is 4.01. The minimum absolute atomic E-state index is 0.0506. The van der Waals surface area contributed by atoms with Crippen molar-refractivity contribution in [2.45, 2.75) is 6.18 Å². The van der Waals surface area contributed by atoms with E-state index in [4.69, 9.17) is 28.4 Å². The molecule has 2 aromatic rings. The molecule has 0 saturated carbocycles. The molecule has 0 bridgehead atoms. The summed E-state index contributed by atoms with van der Waals surface area (Å²) in [5.74, 6) is 0. The van der Waals surface area contributed by atoms with Crippen LogP contribution in [0, 0.1) is 0 Å². The van der Waals surface area contributed by atoms with Crippen molar-refractivity contribution in [3.63, 3.8) is 0 Å². The number of hydrogen-bond acceptors (Lipinski definition) is 3. The van der Waals surface area contributed by atoms with Crippen LogP contribution in [-0.4, -0.2) is 15.9 Å². The highest BCUT2D eigenvalue weighted by molar-refractivity contribution is 6.35. The average Bonchev–Trinajstić information content (AvgIpc) is 2.42. The van der Waals surface area contributed by atoms with Crippen molar-refractivity contribution in [2.75, 3.05) is 0 Å². The third-order valence-electron chi connectivity index (χ3n) is 2.61. The Hall–Kier alpha value is -1.79. The molecule has 0 aliphatic heterocycles. The van der Waals surface area contributed by atoms with Crippen molar-refractivity contribution in [3.8, 4) is 0 Å². The quantitative estimate of drug-likeness (QED) is 0.494. The predicted octanol–water partition coefficient (Wildman–Crippen LogP) is 4.63. The lowest BCUT2D eigenvalue weighted by Gasteiger charge is -2.10. The SMILES string of the molecule is O/N=C(\c1ccc(Cl)cc1)c1ncc(C(F)(F)F)cc1Cl. The molecule has 0 radical (unpaired) electrons. The molecule has 1 aromatic carbocycles. The fraction of sp³-hybridized carbons (Fsp3) is 0.0769. The molecule has 0 amide bonds. The zero-order valence-electron chi connectivity index (χ0n) is 10.2. The lowest BCUT2D eigenvalue weighted by Crippen LogP contribution is -2.11. The number of rotatable bonds is 2. The molecule has 1 heterocycles. The van der Waals surface area contributed by atoms with Crippen molar-refractivity contribution < 1.29 is 18.4 Å². The molecule has 2 rings (SSSR count). The summed E-state index contributed by atoms with van der Waals surface area (Å²) < 4.78 is 37.7. The van der Waals surface area contributed by atoms with Crippen LogP contribution < -0.4 is 0 Å². The van der Waals surface area contributed by atoms with Crippen molar-refractivity contribution >= 4 is 28.9 Å². The Morgan fingerprint density at radius 1 is 1.14 bits per heavy atom. The molecule has 0 fully saturated rings. The van der Waals surface area contributed by atoms with Gasteiger partial charge in [-0.25, -0.2) is 0 Å². The van der Waals surface area contributed by atoms with Gasteiger partial charge in [0.05, 0.1) is 10.6 Å².